The van der Waals surface area contributed by atoms with Gasteiger partial charge in [-0.1, -0.05) is 24.9 Å². The lowest BCUT2D eigenvalue weighted by Crippen LogP contribution is -2.28. The first-order chi connectivity index (χ1) is 11.6. The molecule has 0 unspecified atom stereocenters. The number of nitrogens with zero attached hydrogens (tertiary/aromatic N) is 5. The SMILES string of the molecule is CCCCCO/N=C/c1ncc(C(=O)N(C)c2cccnc2)n1C. The Hall–Kier alpha value is -2.70. The molecule has 0 aliphatic carbocycles. The van der Waals surface area contributed by atoms with E-state index in [1.165, 1.54) is 17.3 Å². The summed E-state index contributed by atoms with van der Waals surface area (Å²) in [4.78, 5) is 27.6. The Morgan fingerprint density at radius 2 is 2.25 bits per heavy atom. The first-order valence-electron chi connectivity index (χ1n) is 8.00. The van der Waals surface area contributed by atoms with Crippen LogP contribution in [0, 0.1) is 0 Å². The lowest BCUT2D eigenvalue weighted by Gasteiger charge is -2.16. The van der Waals surface area contributed by atoms with Gasteiger partial charge < -0.3 is 14.3 Å². The molecule has 1 amide bonds. The summed E-state index contributed by atoms with van der Waals surface area (Å²) in [7, 11) is 3.48. The molecule has 24 heavy (non-hydrogen) atoms. The molecule has 0 saturated carbocycles. The van der Waals surface area contributed by atoms with Crippen LogP contribution < -0.4 is 4.90 Å². The van der Waals surface area contributed by atoms with Crippen molar-refractivity contribution in [1.82, 2.24) is 14.5 Å². The number of pyridine rings is 1. The molecule has 0 bridgehead atoms. The zero-order valence-corrected chi connectivity index (χ0v) is 14.3. The summed E-state index contributed by atoms with van der Waals surface area (Å²) in [6, 6.07) is 3.62. The highest BCUT2D eigenvalue weighted by Gasteiger charge is 2.18. The second kappa shape index (κ2) is 8.81. The molecule has 2 aromatic rings. The van der Waals surface area contributed by atoms with Gasteiger partial charge in [0.15, 0.2) is 5.82 Å². The van der Waals surface area contributed by atoms with Gasteiger partial charge in [0.05, 0.1) is 18.1 Å². The average molecular weight is 329 g/mol. The van der Waals surface area contributed by atoms with Crippen LogP contribution in [0.25, 0.3) is 0 Å². The van der Waals surface area contributed by atoms with Gasteiger partial charge in [0.1, 0.15) is 18.5 Å². The van der Waals surface area contributed by atoms with Gasteiger partial charge in [-0.05, 0) is 18.6 Å². The maximum absolute atomic E-state index is 12.6. The van der Waals surface area contributed by atoms with Crippen molar-refractivity contribution in [3.8, 4) is 0 Å². The molecule has 128 valence electrons. The monoisotopic (exact) mass is 329 g/mol. The van der Waals surface area contributed by atoms with Crippen LogP contribution in [0.1, 0.15) is 42.5 Å². The predicted octanol–water partition coefficient (Wildman–Crippen LogP) is 2.63. The topological polar surface area (TPSA) is 72.6 Å². The Morgan fingerprint density at radius 1 is 1.42 bits per heavy atom. The number of carbonyl (C=O) groups is 1. The van der Waals surface area contributed by atoms with Crippen LogP contribution in [-0.4, -0.2) is 40.3 Å². The van der Waals surface area contributed by atoms with Crippen molar-refractivity contribution >= 4 is 17.8 Å². The molecule has 2 rings (SSSR count). The normalized spacial score (nSPS) is 11.0. The molecule has 7 nitrogen and oxygen atoms in total. The summed E-state index contributed by atoms with van der Waals surface area (Å²) in [6.45, 7) is 2.72. The summed E-state index contributed by atoms with van der Waals surface area (Å²) < 4.78 is 1.69. The molecule has 0 aliphatic rings. The molecular formula is C17H23N5O2. The van der Waals surface area contributed by atoms with Crippen molar-refractivity contribution < 1.29 is 9.63 Å². The second-order valence-corrected chi connectivity index (χ2v) is 5.41. The average Bonchev–Trinajstić information content (AvgIpc) is 2.98. The number of rotatable bonds is 8. The second-order valence-electron chi connectivity index (χ2n) is 5.41. The van der Waals surface area contributed by atoms with E-state index in [-0.39, 0.29) is 5.91 Å². The lowest BCUT2D eigenvalue weighted by molar-refractivity contribution is 0.0985. The van der Waals surface area contributed by atoms with Crippen molar-refractivity contribution in [2.75, 3.05) is 18.6 Å². The molecule has 0 saturated heterocycles. The van der Waals surface area contributed by atoms with E-state index in [0.29, 0.717) is 18.1 Å². The van der Waals surface area contributed by atoms with Crippen molar-refractivity contribution in [2.24, 2.45) is 12.2 Å². The third-order valence-electron chi connectivity index (χ3n) is 3.66. The van der Waals surface area contributed by atoms with Gasteiger partial charge in [-0.15, -0.1) is 0 Å². The van der Waals surface area contributed by atoms with Gasteiger partial charge in [0.2, 0.25) is 0 Å². The molecular weight excluding hydrogens is 306 g/mol. The quantitative estimate of drug-likeness (QED) is 0.424. The maximum atomic E-state index is 12.6. The molecule has 0 aliphatic heterocycles. The fourth-order valence-electron chi connectivity index (χ4n) is 2.14. The molecule has 7 heteroatoms. The fraction of sp³-hybridized carbons (Fsp3) is 0.412. The number of carbonyl (C=O) groups excluding carboxylic acids is 1. The number of amides is 1. The highest BCUT2D eigenvalue weighted by atomic mass is 16.6. The van der Waals surface area contributed by atoms with Crippen LogP contribution in [0.2, 0.25) is 0 Å². The smallest absolute Gasteiger partial charge is 0.276 e. The van der Waals surface area contributed by atoms with Crippen molar-refractivity contribution in [3.63, 3.8) is 0 Å². The Bertz CT molecular complexity index is 682. The van der Waals surface area contributed by atoms with Crippen molar-refractivity contribution in [1.29, 1.82) is 0 Å². The van der Waals surface area contributed by atoms with Crippen LogP contribution in [0.5, 0.6) is 0 Å². The van der Waals surface area contributed by atoms with E-state index < -0.39 is 0 Å². The summed E-state index contributed by atoms with van der Waals surface area (Å²) in [6.07, 6.45) is 9.61. The Morgan fingerprint density at radius 3 is 2.96 bits per heavy atom. The lowest BCUT2D eigenvalue weighted by atomic mass is 10.3. The highest BCUT2D eigenvalue weighted by molar-refractivity contribution is 6.04. The molecule has 0 spiro atoms. The Labute approximate surface area is 142 Å². The molecule has 0 N–H and O–H groups in total. The van der Waals surface area contributed by atoms with Gasteiger partial charge >= 0.3 is 0 Å². The molecule has 0 fully saturated rings. The van der Waals surface area contributed by atoms with E-state index in [2.05, 4.69) is 22.0 Å². The first kappa shape index (κ1) is 17.7. The van der Waals surface area contributed by atoms with Gasteiger partial charge in [0.25, 0.3) is 5.91 Å². The molecule has 0 radical (unpaired) electrons. The van der Waals surface area contributed by atoms with Crippen LogP contribution >= 0.6 is 0 Å². The number of hydrogen-bond donors (Lipinski definition) is 0. The molecule has 0 atom stereocenters. The minimum absolute atomic E-state index is 0.165. The fourth-order valence-corrected chi connectivity index (χ4v) is 2.14. The standard InChI is InChI=1S/C17H23N5O2/c1-4-5-6-10-24-20-13-16-19-12-15(22(16)3)17(23)21(2)14-8-7-9-18-11-14/h7-9,11-13H,4-6,10H2,1-3H3/b20-13+. The van der Waals surface area contributed by atoms with Crippen molar-refractivity contribution in [2.45, 2.75) is 26.2 Å². The van der Waals surface area contributed by atoms with Crippen molar-refractivity contribution in [3.05, 3.63) is 42.2 Å². The largest absolute Gasteiger partial charge is 0.396 e. The third kappa shape index (κ3) is 4.41. The van der Waals surface area contributed by atoms with E-state index in [9.17, 15) is 4.79 Å². The number of hydrogen-bond acceptors (Lipinski definition) is 5. The number of unbranched alkanes of at least 4 members (excludes halogenated alkanes) is 2. The summed E-state index contributed by atoms with van der Waals surface area (Å²) in [5.41, 5.74) is 1.19. The minimum atomic E-state index is -0.165. The van der Waals surface area contributed by atoms with Crippen LogP contribution in [-0.2, 0) is 11.9 Å². The van der Waals surface area contributed by atoms with Gasteiger partial charge in [-0.25, -0.2) is 4.98 Å². The maximum Gasteiger partial charge on any atom is 0.276 e. The number of oxime groups is 1. The molecule has 2 aromatic heterocycles. The van der Waals surface area contributed by atoms with E-state index in [4.69, 9.17) is 4.84 Å². The van der Waals surface area contributed by atoms with E-state index in [1.54, 1.807) is 37.1 Å². The zero-order chi connectivity index (χ0) is 17.4. The summed E-state index contributed by atoms with van der Waals surface area (Å²) in [5, 5.41) is 3.91. The summed E-state index contributed by atoms with van der Waals surface area (Å²) in [5.74, 6) is 0.398. The van der Waals surface area contributed by atoms with Crippen LogP contribution in [0.3, 0.4) is 0 Å². The Kier molecular flexibility index (Phi) is 6.48. The van der Waals surface area contributed by atoms with E-state index in [1.807, 2.05) is 6.07 Å². The molecule has 0 aromatic carbocycles. The van der Waals surface area contributed by atoms with Crippen LogP contribution in [0.15, 0.2) is 35.9 Å². The van der Waals surface area contributed by atoms with E-state index in [0.717, 1.165) is 24.9 Å². The zero-order valence-electron chi connectivity index (χ0n) is 14.3. The van der Waals surface area contributed by atoms with Gasteiger partial charge in [-0.2, -0.15) is 0 Å². The minimum Gasteiger partial charge on any atom is -0.396 e. The third-order valence-corrected chi connectivity index (χ3v) is 3.66. The highest BCUT2D eigenvalue weighted by Crippen LogP contribution is 2.13. The number of anilines is 1. The van der Waals surface area contributed by atoms with E-state index >= 15 is 0 Å². The van der Waals surface area contributed by atoms with Gasteiger partial charge in [-0.3, -0.25) is 9.78 Å². The predicted molar refractivity (Wildman–Crippen MR) is 93.2 cm³/mol. The Balaban J connectivity index is 2.01. The summed E-state index contributed by atoms with van der Waals surface area (Å²) >= 11 is 0. The molecule has 2 heterocycles. The first-order valence-corrected chi connectivity index (χ1v) is 8.00. The van der Waals surface area contributed by atoms with Crippen LogP contribution in [0.4, 0.5) is 5.69 Å². The van der Waals surface area contributed by atoms with Gasteiger partial charge in [0, 0.05) is 20.3 Å². The number of aromatic nitrogens is 3. The number of imidazole rings is 1.